The first kappa shape index (κ1) is 2.99. The molecule has 1 aliphatic rings. The van der Waals surface area contributed by atoms with E-state index in [-0.39, 0.29) is 0 Å². The van der Waals surface area contributed by atoms with E-state index in [1.165, 1.54) is 0 Å². The van der Waals surface area contributed by atoms with E-state index in [9.17, 15) is 8.78 Å². The highest BCUT2D eigenvalue weighted by Gasteiger charge is 2.51. The van der Waals surface area contributed by atoms with E-state index < -0.39 is 6.29 Å². The van der Waals surface area contributed by atoms with Gasteiger partial charge >= 0.3 is 6.29 Å². The molecule has 1 heterocycles. The molecule has 0 aliphatic carbocycles. The van der Waals surface area contributed by atoms with Gasteiger partial charge in [0.05, 0.1) is 0 Å². The zero-order chi connectivity index (χ0) is 3.91. The standard InChI is InChI=1S/CF2O2/c2-1(3)4-5-1/i1+1. The highest BCUT2D eigenvalue weighted by molar-refractivity contribution is 4.28. The van der Waals surface area contributed by atoms with E-state index in [1.807, 2.05) is 0 Å². The highest BCUT2D eigenvalue weighted by atomic mass is 19.4. The van der Waals surface area contributed by atoms with Gasteiger partial charge in [0.2, 0.25) is 0 Å². The molecule has 30 valence electrons. The van der Waals surface area contributed by atoms with Crippen LogP contribution in [0.1, 0.15) is 0 Å². The van der Waals surface area contributed by atoms with Crippen LogP contribution in [0.3, 0.4) is 0 Å². The van der Waals surface area contributed by atoms with Gasteiger partial charge in [-0.3, -0.25) is 0 Å². The molecule has 0 N–H and O–H groups in total. The molecule has 1 rings (SSSR count). The lowest BCUT2D eigenvalue weighted by Gasteiger charge is -1.62. The van der Waals surface area contributed by atoms with E-state index in [1.54, 1.807) is 0 Å². The van der Waals surface area contributed by atoms with Crippen molar-refractivity contribution in [3.05, 3.63) is 0 Å². The van der Waals surface area contributed by atoms with Gasteiger partial charge in [-0.05, 0) is 0 Å². The highest BCUT2D eigenvalue weighted by Crippen LogP contribution is 2.31. The molecule has 0 aromatic heterocycles. The molecule has 5 heavy (non-hydrogen) atoms. The first-order valence-corrected chi connectivity index (χ1v) is 0.953. The van der Waals surface area contributed by atoms with Crippen LogP contribution in [-0.2, 0) is 9.78 Å². The number of hydrogen-bond donors (Lipinski definition) is 0. The fourth-order valence-corrected chi connectivity index (χ4v) is 0.0315. The van der Waals surface area contributed by atoms with Gasteiger partial charge in [-0.1, -0.05) is 0 Å². The minimum Gasteiger partial charge on any atom is -0.144 e. The zero-order valence-corrected chi connectivity index (χ0v) is 2.07. The minimum atomic E-state index is -3.25. The van der Waals surface area contributed by atoms with Crippen LogP contribution in [0.4, 0.5) is 8.78 Å². The summed E-state index contributed by atoms with van der Waals surface area (Å²) < 4.78 is 21.4. The number of hydrogen-bond acceptors (Lipinski definition) is 2. The predicted octanol–water partition coefficient (Wildman–Crippen LogP) is 0.498. The van der Waals surface area contributed by atoms with Gasteiger partial charge < -0.3 is 0 Å². The Bertz CT molecular complexity index is 45.6. The summed E-state index contributed by atoms with van der Waals surface area (Å²) in [5.41, 5.74) is 0. The van der Waals surface area contributed by atoms with Gasteiger partial charge in [-0.15, -0.1) is 18.6 Å². The minimum absolute atomic E-state index is 3.06. The molecule has 2 nitrogen and oxygen atoms in total. The fourth-order valence-electron chi connectivity index (χ4n) is 0.0315. The van der Waals surface area contributed by atoms with Crippen LogP contribution in [0, 0.1) is 0 Å². The summed E-state index contributed by atoms with van der Waals surface area (Å²) in [5.74, 6) is 0. The van der Waals surface area contributed by atoms with Crippen LogP contribution in [-0.4, -0.2) is 6.29 Å². The molecule has 0 saturated carbocycles. The number of halogens is 2. The Hall–Kier alpha value is -0.220. The van der Waals surface area contributed by atoms with Crippen molar-refractivity contribution in [3.63, 3.8) is 0 Å². The second-order valence-electron chi connectivity index (χ2n) is 0.630. The lowest BCUT2D eigenvalue weighted by atomic mass is 12.3. The monoisotopic (exact) mass is 83.0 g/mol. The quantitative estimate of drug-likeness (QED) is 0.242. The summed E-state index contributed by atoms with van der Waals surface area (Å²) in [6.45, 7) is 0. The van der Waals surface area contributed by atoms with Crippen LogP contribution in [0.2, 0.25) is 0 Å². The van der Waals surface area contributed by atoms with Crippen molar-refractivity contribution < 1.29 is 18.6 Å². The summed E-state index contributed by atoms with van der Waals surface area (Å²) in [6, 6.07) is 0. The van der Waals surface area contributed by atoms with Gasteiger partial charge in [0.25, 0.3) is 0 Å². The Morgan fingerprint density at radius 2 is 1.40 bits per heavy atom. The Kier molecular flexibility index (Phi) is 0.289. The molecule has 0 aromatic carbocycles. The first-order chi connectivity index (χ1) is 2.21. The van der Waals surface area contributed by atoms with Gasteiger partial charge in [0, 0.05) is 0 Å². The topological polar surface area (TPSA) is 25.1 Å². The fraction of sp³-hybridized carbons (Fsp3) is 1.00. The largest absolute Gasteiger partial charge is 0.539 e. The maximum atomic E-state index is 10.7. The molecule has 0 amide bonds. The average molecular weight is 83.0 g/mol. The van der Waals surface area contributed by atoms with Crippen molar-refractivity contribution in [2.75, 3.05) is 0 Å². The lowest BCUT2D eigenvalue weighted by Crippen LogP contribution is -1.82. The predicted molar refractivity (Wildman–Crippen MR) is 7.12 cm³/mol. The third kappa shape index (κ3) is 0.524. The molecular formula is CF2O2. The molecule has 0 bridgehead atoms. The molecule has 0 radical (unpaired) electrons. The van der Waals surface area contributed by atoms with Gasteiger partial charge in [-0.25, -0.2) is 0 Å². The molecule has 1 saturated heterocycles. The average Bonchev–Trinajstić information content (AvgIpc) is 1.76. The molecular weight excluding hydrogens is 83.0 g/mol. The van der Waals surface area contributed by atoms with Crippen molar-refractivity contribution in [2.24, 2.45) is 0 Å². The zero-order valence-electron chi connectivity index (χ0n) is 2.07. The smallest absolute Gasteiger partial charge is 0.144 e. The van der Waals surface area contributed by atoms with E-state index in [4.69, 9.17) is 0 Å². The van der Waals surface area contributed by atoms with Crippen LogP contribution < -0.4 is 0 Å². The normalized spacial score (nSPS) is 30.0. The van der Waals surface area contributed by atoms with Crippen molar-refractivity contribution in [2.45, 2.75) is 6.29 Å². The van der Waals surface area contributed by atoms with Crippen molar-refractivity contribution >= 4 is 0 Å². The van der Waals surface area contributed by atoms with E-state index in [0.717, 1.165) is 0 Å². The maximum Gasteiger partial charge on any atom is 0.539 e. The molecule has 0 unspecified atom stereocenters. The van der Waals surface area contributed by atoms with Crippen molar-refractivity contribution in [1.82, 2.24) is 0 Å². The lowest BCUT2D eigenvalue weighted by molar-refractivity contribution is -0.00920. The molecule has 0 atom stereocenters. The molecule has 0 aromatic rings. The maximum absolute atomic E-state index is 10.7. The van der Waals surface area contributed by atoms with E-state index >= 15 is 0 Å². The summed E-state index contributed by atoms with van der Waals surface area (Å²) in [6.07, 6.45) is -3.25. The summed E-state index contributed by atoms with van der Waals surface area (Å²) in [7, 11) is 0. The molecule has 0 spiro atoms. The third-order valence-electron chi connectivity index (χ3n) is 0.209. The molecule has 4 heteroatoms. The third-order valence-corrected chi connectivity index (χ3v) is 0.209. The second-order valence-corrected chi connectivity index (χ2v) is 0.630. The summed E-state index contributed by atoms with van der Waals surface area (Å²) in [4.78, 5) is 6.12. The van der Waals surface area contributed by atoms with Gasteiger partial charge in [0.1, 0.15) is 0 Å². The Balaban J connectivity index is 2.38. The number of alkyl halides is 2. The van der Waals surface area contributed by atoms with Gasteiger partial charge in [-0.2, -0.15) is 0 Å². The molecule has 1 fully saturated rings. The Morgan fingerprint density at radius 3 is 1.40 bits per heavy atom. The second kappa shape index (κ2) is 0.483. The van der Waals surface area contributed by atoms with Crippen molar-refractivity contribution in [3.8, 4) is 0 Å². The Morgan fingerprint density at radius 1 is 1.20 bits per heavy atom. The van der Waals surface area contributed by atoms with E-state index in [2.05, 4.69) is 9.78 Å². The van der Waals surface area contributed by atoms with Crippen molar-refractivity contribution in [1.29, 1.82) is 0 Å². The van der Waals surface area contributed by atoms with Crippen LogP contribution in [0.5, 0.6) is 0 Å². The van der Waals surface area contributed by atoms with Crippen LogP contribution in [0.15, 0.2) is 0 Å². The Labute approximate surface area is 26.2 Å². The van der Waals surface area contributed by atoms with Crippen LogP contribution in [0.25, 0.3) is 0 Å². The number of rotatable bonds is 0. The summed E-state index contributed by atoms with van der Waals surface area (Å²) >= 11 is 0. The first-order valence-electron chi connectivity index (χ1n) is 0.953. The molecule has 1 aliphatic heterocycles. The SMILES string of the molecule is F[13C]1(F)OO1. The van der Waals surface area contributed by atoms with E-state index in [0.29, 0.717) is 0 Å². The summed E-state index contributed by atoms with van der Waals surface area (Å²) in [5, 5.41) is 0. The van der Waals surface area contributed by atoms with Gasteiger partial charge in [0.15, 0.2) is 0 Å². The van der Waals surface area contributed by atoms with Crippen LogP contribution >= 0.6 is 0 Å².